The molecule has 0 amide bonds. The number of hydrogen-bond acceptors (Lipinski definition) is 5. The van der Waals surface area contributed by atoms with Gasteiger partial charge in [-0.2, -0.15) is 0 Å². The van der Waals surface area contributed by atoms with E-state index in [-0.39, 0.29) is 0 Å². The van der Waals surface area contributed by atoms with Gasteiger partial charge >= 0.3 is 0 Å². The summed E-state index contributed by atoms with van der Waals surface area (Å²) in [5.74, 6) is 0. The van der Waals surface area contributed by atoms with Crippen molar-refractivity contribution in [2.75, 3.05) is 27.7 Å². The van der Waals surface area contributed by atoms with Crippen molar-refractivity contribution in [3.05, 3.63) is 71.5 Å². The third kappa shape index (κ3) is 2.96. The molecule has 4 rings (SSSR count). The van der Waals surface area contributed by atoms with Crippen molar-refractivity contribution in [3.8, 4) is 0 Å². The molecule has 0 unspecified atom stereocenters. The summed E-state index contributed by atoms with van der Waals surface area (Å²) in [5.41, 5.74) is 7.88. The van der Waals surface area contributed by atoms with Crippen molar-refractivity contribution in [2.45, 2.75) is 6.61 Å². The molecule has 2 heterocycles. The van der Waals surface area contributed by atoms with Gasteiger partial charge in [0, 0.05) is 51.3 Å². The molecule has 132 valence electrons. The summed E-state index contributed by atoms with van der Waals surface area (Å²) in [5, 5.41) is 4.42. The van der Waals surface area contributed by atoms with E-state index in [1.807, 2.05) is 6.07 Å². The maximum atomic E-state index is 5.30. The normalized spacial score (nSPS) is 15.3. The van der Waals surface area contributed by atoms with Crippen molar-refractivity contribution in [2.24, 2.45) is 0 Å². The molecule has 5 heteroatoms. The fourth-order valence-electron chi connectivity index (χ4n) is 3.49. The summed E-state index contributed by atoms with van der Waals surface area (Å²) in [6.45, 7) is 1.48. The largest absolute Gasteiger partial charge is 0.380 e. The topological polar surface area (TPSA) is 41.5 Å². The van der Waals surface area contributed by atoms with E-state index in [2.05, 4.69) is 70.5 Å². The first kappa shape index (κ1) is 16.7. The van der Waals surface area contributed by atoms with E-state index in [0.717, 1.165) is 23.1 Å². The minimum atomic E-state index is 0.619. The van der Waals surface area contributed by atoms with Crippen molar-refractivity contribution >= 4 is 22.3 Å². The third-order valence-electron chi connectivity index (χ3n) is 4.84. The van der Waals surface area contributed by atoms with Gasteiger partial charge in [0.05, 0.1) is 23.3 Å². The van der Waals surface area contributed by atoms with Crippen LogP contribution in [0.1, 0.15) is 16.7 Å². The van der Waals surface area contributed by atoms with Crippen molar-refractivity contribution in [3.63, 3.8) is 0 Å². The van der Waals surface area contributed by atoms with Gasteiger partial charge in [-0.25, -0.2) is 5.01 Å². The first-order chi connectivity index (χ1) is 12.7. The standard InChI is InChI=1S/C21H22N4O/c1-24-13-18(16-6-4-5-15(11-16)14-26-3)21(25(24)2)17-7-8-19-20(12-17)23-10-9-22-19/h4-12H,13-14H2,1-3H3. The van der Waals surface area contributed by atoms with E-state index in [0.29, 0.717) is 6.61 Å². The number of fused-ring (bicyclic) bond motifs is 1. The van der Waals surface area contributed by atoms with E-state index in [4.69, 9.17) is 4.74 Å². The van der Waals surface area contributed by atoms with Gasteiger partial charge in [-0.1, -0.05) is 24.3 Å². The van der Waals surface area contributed by atoms with Gasteiger partial charge in [0.25, 0.3) is 0 Å². The number of nitrogens with zero attached hydrogens (tertiary/aromatic N) is 4. The number of aromatic nitrogens is 2. The van der Waals surface area contributed by atoms with Crippen LogP contribution in [-0.4, -0.2) is 47.7 Å². The zero-order valence-corrected chi connectivity index (χ0v) is 15.3. The number of hydrogen-bond donors (Lipinski definition) is 0. The molecule has 0 aliphatic carbocycles. The summed E-state index contributed by atoms with van der Waals surface area (Å²) in [4.78, 5) is 8.84. The fraction of sp³-hybridized carbons (Fsp3) is 0.238. The molecule has 0 atom stereocenters. The Labute approximate surface area is 153 Å². The van der Waals surface area contributed by atoms with Crippen LogP contribution in [-0.2, 0) is 11.3 Å². The minimum Gasteiger partial charge on any atom is -0.380 e. The first-order valence-electron chi connectivity index (χ1n) is 8.64. The van der Waals surface area contributed by atoms with Crippen LogP contribution in [0, 0.1) is 0 Å². The van der Waals surface area contributed by atoms with E-state index < -0.39 is 0 Å². The maximum Gasteiger partial charge on any atom is 0.0893 e. The van der Waals surface area contributed by atoms with Crippen LogP contribution in [0.4, 0.5) is 0 Å². The van der Waals surface area contributed by atoms with Gasteiger partial charge in [-0.3, -0.25) is 9.97 Å². The Hall–Kier alpha value is -2.76. The zero-order chi connectivity index (χ0) is 18.1. The fourth-order valence-corrected chi connectivity index (χ4v) is 3.49. The highest BCUT2D eigenvalue weighted by Crippen LogP contribution is 2.36. The van der Waals surface area contributed by atoms with Crippen LogP contribution in [0.15, 0.2) is 54.9 Å². The summed E-state index contributed by atoms with van der Waals surface area (Å²) >= 11 is 0. The molecule has 1 aliphatic heterocycles. The van der Waals surface area contributed by atoms with Crippen molar-refractivity contribution in [1.82, 2.24) is 20.0 Å². The lowest BCUT2D eigenvalue weighted by Crippen LogP contribution is -2.29. The highest BCUT2D eigenvalue weighted by molar-refractivity contribution is 5.94. The van der Waals surface area contributed by atoms with Gasteiger partial charge in [-0.05, 0) is 29.3 Å². The lowest BCUT2D eigenvalue weighted by Gasteiger charge is -2.24. The number of hydrazine groups is 1. The molecule has 0 bridgehead atoms. The number of methoxy groups -OCH3 is 1. The average molecular weight is 346 g/mol. The molecule has 0 saturated carbocycles. The van der Waals surface area contributed by atoms with Crippen LogP contribution in [0.3, 0.4) is 0 Å². The van der Waals surface area contributed by atoms with Crippen LogP contribution in [0.5, 0.6) is 0 Å². The SMILES string of the molecule is COCc1cccc(C2=C(c3ccc4nccnc4c3)N(C)N(C)C2)c1. The monoisotopic (exact) mass is 346 g/mol. The van der Waals surface area contributed by atoms with Gasteiger partial charge in [0.1, 0.15) is 0 Å². The Morgan fingerprint density at radius 2 is 1.77 bits per heavy atom. The Morgan fingerprint density at radius 1 is 0.962 bits per heavy atom. The molecule has 0 saturated heterocycles. The minimum absolute atomic E-state index is 0.619. The lowest BCUT2D eigenvalue weighted by molar-refractivity contribution is 0.129. The molecule has 1 aliphatic rings. The number of benzene rings is 2. The molecule has 0 spiro atoms. The molecule has 3 aromatic rings. The molecule has 5 nitrogen and oxygen atoms in total. The van der Waals surface area contributed by atoms with Crippen LogP contribution in [0.25, 0.3) is 22.3 Å². The smallest absolute Gasteiger partial charge is 0.0893 e. The maximum absolute atomic E-state index is 5.30. The molecular formula is C21H22N4O. The van der Waals surface area contributed by atoms with E-state index >= 15 is 0 Å². The second kappa shape index (κ2) is 6.86. The molecule has 0 radical (unpaired) electrons. The second-order valence-electron chi connectivity index (χ2n) is 6.56. The summed E-state index contributed by atoms with van der Waals surface area (Å²) < 4.78 is 5.30. The second-order valence-corrected chi connectivity index (χ2v) is 6.56. The van der Waals surface area contributed by atoms with Gasteiger partial charge in [0.15, 0.2) is 0 Å². The van der Waals surface area contributed by atoms with Crippen LogP contribution < -0.4 is 0 Å². The van der Waals surface area contributed by atoms with E-state index in [9.17, 15) is 0 Å². The number of ether oxygens (including phenoxy) is 1. The van der Waals surface area contributed by atoms with Crippen molar-refractivity contribution < 1.29 is 4.74 Å². The predicted molar refractivity (Wildman–Crippen MR) is 104 cm³/mol. The molecule has 2 aromatic carbocycles. The zero-order valence-electron chi connectivity index (χ0n) is 15.3. The summed E-state index contributed by atoms with van der Waals surface area (Å²) in [6.07, 6.45) is 3.46. The van der Waals surface area contributed by atoms with E-state index in [1.54, 1.807) is 19.5 Å². The Kier molecular flexibility index (Phi) is 4.41. The highest BCUT2D eigenvalue weighted by atomic mass is 16.5. The van der Waals surface area contributed by atoms with E-state index in [1.165, 1.54) is 22.4 Å². The van der Waals surface area contributed by atoms with Crippen LogP contribution >= 0.6 is 0 Å². The number of likely N-dealkylation sites (N-methyl/N-ethyl adjacent to an activating group) is 1. The Morgan fingerprint density at radius 3 is 2.58 bits per heavy atom. The van der Waals surface area contributed by atoms with Gasteiger partial charge in [-0.15, -0.1) is 0 Å². The molecule has 1 aromatic heterocycles. The molecule has 26 heavy (non-hydrogen) atoms. The highest BCUT2D eigenvalue weighted by Gasteiger charge is 2.26. The first-order valence-corrected chi connectivity index (χ1v) is 8.64. The molecule has 0 fully saturated rings. The number of rotatable bonds is 4. The Balaban J connectivity index is 1.85. The Bertz CT molecular complexity index is 982. The van der Waals surface area contributed by atoms with Crippen molar-refractivity contribution in [1.29, 1.82) is 0 Å². The van der Waals surface area contributed by atoms with Gasteiger partial charge < -0.3 is 9.75 Å². The third-order valence-corrected chi connectivity index (χ3v) is 4.84. The molecular weight excluding hydrogens is 324 g/mol. The molecule has 0 N–H and O–H groups in total. The average Bonchev–Trinajstić information content (AvgIpc) is 2.97. The lowest BCUT2D eigenvalue weighted by atomic mass is 9.98. The quantitative estimate of drug-likeness (QED) is 0.724. The van der Waals surface area contributed by atoms with Crippen LogP contribution in [0.2, 0.25) is 0 Å². The predicted octanol–water partition coefficient (Wildman–Crippen LogP) is 3.44. The summed E-state index contributed by atoms with van der Waals surface area (Å²) in [6, 6.07) is 14.9. The van der Waals surface area contributed by atoms with Gasteiger partial charge in [0.2, 0.25) is 0 Å². The summed E-state index contributed by atoms with van der Waals surface area (Å²) in [7, 11) is 5.93.